The summed E-state index contributed by atoms with van der Waals surface area (Å²) in [6, 6.07) is 4.42. The van der Waals surface area contributed by atoms with Crippen LogP contribution in [-0.2, 0) is 4.79 Å². The molecule has 1 unspecified atom stereocenters. The molecular weight excluding hydrogens is 272 g/mol. The van der Waals surface area contributed by atoms with Crippen LogP contribution < -0.4 is 10.2 Å². The number of aryl methyl sites for hydroxylation is 3. The zero-order valence-electron chi connectivity index (χ0n) is 14.6. The average Bonchev–Trinajstić information content (AvgIpc) is 2.91. The highest BCUT2D eigenvalue weighted by Gasteiger charge is 2.34. The summed E-state index contributed by atoms with van der Waals surface area (Å²) in [6.07, 6.45) is 5.95. The lowest BCUT2D eigenvalue weighted by atomic mass is 10.0. The fraction of sp³-hybridized carbons (Fsp3) is 0.632. The minimum absolute atomic E-state index is 0.136. The van der Waals surface area contributed by atoms with Crippen LogP contribution in [-0.4, -0.2) is 25.0 Å². The van der Waals surface area contributed by atoms with Gasteiger partial charge in [-0.2, -0.15) is 0 Å². The Labute approximate surface area is 135 Å². The molecule has 1 aromatic carbocycles. The summed E-state index contributed by atoms with van der Waals surface area (Å²) in [5, 5.41) is 3.21. The normalized spacial score (nSPS) is 21.1. The summed E-state index contributed by atoms with van der Waals surface area (Å²) >= 11 is 0. The van der Waals surface area contributed by atoms with Gasteiger partial charge in [-0.25, -0.2) is 0 Å². The molecule has 2 rings (SSSR count). The maximum Gasteiger partial charge on any atom is 0.282 e. The van der Waals surface area contributed by atoms with Crippen molar-refractivity contribution >= 4 is 11.6 Å². The van der Waals surface area contributed by atoms with Gasteiger partial charge in [-0.15, -0.1) is 0 Å². The van der Waals surface area contributed by atoms with Gasteiger partial charge in [-0.1, -0.05) is 31.0 Å². The lowest BCUT2D eigenvalue weighted by Crippen LogP contribution is -3.14. The predicted molar refractivity (Wildman–Crippen MR) is 92.5 cm³/mol. The molecule has 122 valence electrons. The molecule has 3 nitrogen and oxygen atoms in total. The topological polar surface area (TPSA) is 33.5 Å². The van der Waals surface area contributed by atoms with Crippen molar-refractivity contribution in [2.75, 3.05) is 18.4 Å². The third-order valence-corrected chi connectivity index (χ3v) is 4.83. The molecule has 0 radical (unpaired) electrons. The Morgan fingerprint density at radius 3 is 2.55 bits per heavy atom. The van der Waals surface area contributed by atoms with E-state index in [0.717, 1.165) is 36.3 Å². The molecule has 0 spiro atoms. The lowest BCUT2D eigenvalue weighted by molar-refractivity contribution is -0.903. The molecule has 2 N–H and O–H groups in total. The summed E-state index contributed by atoms with van der Waals surface area (Å²) in [7, 11) is 0. The molecule has 1 aliphatic heterocycles. The number of quaternary nitrogens is 1. The fourth-order valence-corrected chi connectivity index (χ4v) is 3.72. The van der Waals surface area contributed by atoms with Crippen molar-refractivity contribution in [3.8, 4) is 0 Å². The van der Waals surface area contributed by atoms with E-state index in [2.05, 4.69) is 45.1 Å². The fourth-order valence-electron chi connectivity index (χ4n) is 3.72. The minimum Gasteiger partial charge on any atom is -0.325 e. The number of carbonyl (C=O) groups is 1. The van der Waals surface area contributed by atoms with Gasteiger partial charge in [0.15, 0.2) is 6.04 Å². The first kappa shape index (κ1) is 17.0. The van der Waals surface area contributed by atoms with E-state index in [1.54, 1.807) is 0 Å². The van der Waals surface area contributed by atoms with Gasteiger partial charge in [0.2, 0.25) is 0 Å². The summed E-state index contributed by atoms with van der Waals surface area (Å²) in [5.41, 5.74) is 4.59. The van der Waals surface area contributed by atoms with Crippen LogP contribution in [0.2, 0.25) is 0 Å². The Balaban J connectivity index is 2.02. The van der Waals surface area contributed by atoms with Gasteiger partial charge < -0.3 is 10.2 Å². The first-order valence-corrected chi connectivity index (χ1v) is 8.76. The van der Waals surface area contributed by atoms with Crippen molar-refractivity contribution < 1.29 is 9.69 Å². The van der Waals surface area contributed by atoms with Crippen molar-refractivity contribution in [2.24, 2.45) is 0 Å². The molecule has 0 saturated carbocycles. The SMILES string of the molecule is CCCCC[NH+]1CCC[C@H]1C(=O)Nc1c(C)cc(C)cc1C. The van der Waals surface area contributed by atoms with Crippen molar-refractivity contribution in [3.63, 3.8) is 0 Å². The zero-order chi connectivity index (χ0) is 16.1. The second-order valence-corrected chi connectivity index (χ2v) is 6.82. The number of unbranched alkanes of at least 4 members (excludes halogenated alkanes) is 2. The molecule has 0 aromatic heterocycles. The molecular formula is C19H31N2O+. The Bertz CT molecular complexity index is 501. The zero-order valence-corrected chi connectivity index (χ0v) is 14.6. The first-order chi connectivity index (χ1) is 10.5. The van der Waals surface area contributed by atoms with Crippen LogP contribution in [0.1, 0.15) is 55.7 Å². The summed E-state index contributed by atoms with van der Waals surface area (Å²) in [5.74, 6) is 0.207. The van der Waals surface area contributed by atoms with E-state index in [4.69, 9.17) is 0 Å². The van der Waals surface area contributed by atoms with Crippen molar-refractivity contribution in [1.29, 1.82) is 0 Å². The first-order valence-electron chi connectivity index (χ1n) is 8.76. The van der Waals surface area contributed by atoms with E-state index in [9.17, 15) is 4.79 Å². The van der Waals surface area contributed by atoms with E-state index in [-0.39, 0.29) is 11.9 Å². The van der Waals surface area contributed by atoms with Crippen LogP contribution in [0.3, 0.4) is 0 Å². The third kappa shape index (κ3) is 4.10. The van der Waals surface area contributed by atoms with Crippen molar-refractivity contribution in [1.82, 2.24) is 0 Å². The molecule has 1 aliphatic rings. The van der Waals surface area contributed by atoms with Gasteiger partial charge in [0, 0.05) is 18.5 Å². The van der Waals surface area contributed by atoms with E-state index >= 15 is 0 Å². The molecule has 0 aliphatic carbocycles. The number of carbonyl (C=O) groups excluding carboxylic acids is 1. The van der Waals surface area contributed by atoms with Crippen LogP contribution >= 0.6 is 0 Å². The van der Waals surface area contributed by atoms with E-state index in [0.29, 0.717) is 0 Å². The van der Waals surface area contributed by atoms with Crippen molar-refractivity contribution in [2.45, 2.75) is 65.8 Å². The number of nitrogens with one attached hydrogen (secondary N) is 2. The Hall–Kier alpha value is -1.35. The molecule has 22 heavy (non-hydrogen) atoms. The number of hydrogen-bond acceptors (Lipinski definition) is 1. The molecule has 1 amide bonds. The molecule has 1 saturated heterocycles. The highest BCUT2D eigenvalue weighted by molar-refractivity contribution is 5.95. The van der Waals surface area contributed by atoms with Gasteiger partial charge in [0.25, 0.3) is 5.91 Å². The highest BCUT2D eigenvalue weighted by Crippen LogP contribution is 2.22. The Kier molecular flexibility index (Phi) is 6.01. The van der Waals surface area contributed by atoms with Crippen LogP contribution in [0, 0.1) is 20.8 Å². The second-order valence-electron chi connectivity index (χ2n) is 6.82. The van der Waals surface area contributed by atoms with Crippen LogP contribution in [0.5, 0.6) is 0 Å². The number of amides is 1. The third-order valence-electron chi connectivity index (χ3n) is 4.83. The predicted octanol–water partition coefficient (Wildman–Crippen LogP) is 2.79. The van der Waals surface area contributed by atoms with Crippen LogP contribution in [0.15, 0.2) is 12.1 Å². The number of anilines is 1. The average molecular weight is 303 g/mol. The maximum atomic E-state index is 12.7. The largest absolute Gasteiger partial charge is 0.325 e. The lowest BCUT2D eigenvalue weighted by Gasteiger charge is -2.22. The molecule has 0 bridgehead atoms. The van der Waals surface area contributed by atoms with Gasteiger partial charge in [0.05, 0.1) is 13.1 Å². The smallest absolute Gasteiger partial charge is 0.282 e. The van der Waals surface area contributed by atoms with Gasteiger partial charge in [0.1, 0.15) is 0 Å². The molecule has 1 aromatic rings. The Morgan fingerprint density at radius 1 is 1.23 bits per heavy atom. The van der Waals surface area contributed by atoms with Crippen LogP contribution in [0.4, 0.5) is 5.69 Å². The van der Waals surface area contributed by atoms with Crippen molar-refractivity contribution in [3.05, 3.63) is 28.8 Å². The van der Waals surface area contributed by atoms with E-state index < -0.39 is 0 Å². The van der Waals surface area contributed by atoms with Gasteiger partial charge in [-0.05, 0) is 44.7 Å². The number of rotatable bonds is 6. The number of hydrogen-bond donors (Lipinski definition) is 2. The second kappa shape index (κ2) is 7.77. The minimum atomic E-state index is 0.136. The van der Waals surface area contributed by atoms with Crippen LogP contribution in [0.25, 0.3) is 0 Å². The number of likely N-dealkylation sites (tertiary alicyclic amines) is 1. The Morgan fingerprint density at radius 2 is 1.91 bits per heavy atom. The number of benzene rings is 1. The highest BCUT2D eigenvalue weighted by atomic mass is 16.2. The summed E-state index contributed by atoms with van der Waals surface area (Å²) in [6.45, 7) is 10.8. The summed E-state index contributed by atoms with van der Waals surface area (Å²) in [4.78, 5) is 14.2. The standard InChI is InChI=1S/C19H30N2O/c1-5-6-7-10-21-11-8-9-17(21)19(22)20-18-15(3)12-14(2)13-16(18)4/h12-13,17H,5-11H2,1-4H3,(H,20,22)/p+1/t17-/m0/s1. The quantitative estimate of drug-likeness (QED) is 0.779. The molecule has 1 fully saturated rings. The van der Waals surface area contributed by atoms with Gasteiger partial charge in [-0.3, -0.25) is 4.79 Å². The monoisotopic (exact) mass is 303 g/mol. The van der Waals surface area contributed by atoms with E-state index in [1.165, 1.54) is 36.1 Å². The van der Waals surface area contributed by atoms with E-state index in [1.807, 2.05) is 0 Å². The molecule has 1 heterocycles. The van der Waals surface area contributed by atoms with Gasteiger partial charge >= 0.3 is 0 Å². The maximum absolute atomic E-state index is 12.7. The molecule has 3 heteroatoms. The molecule has 2 atom stereocenters. The summed E-state index contributed by atoms with van der Waals surface area (Å²) < 4.78 is 0.